The highest BCUT2D eigenvalue weighted by Crippen LogP contribution is 2.37. The molecule has 1 aliphatic heterocycles. The molecule has 0 radical (unpaired) electrons. The number of carbonyl (C=O) groups excluding carboxylic acids is 6. The highest BCUT2D eigenvalue weighted by molar-refractivity contribution is 5.87. The van der Waals surface area contributed by atoms with Crippen LogP contribution in [0.25, 0.3) is 0 Å². The first-order chi connectivity index (χ1) is 42.8. The van der Waals surface area contributed by atoms with Crippen LogP contribution in [0.5, 0.6) is 0 Å². The average molecular weight is 1230 g/mol. The fraction of sp³-hybridized carbons (Fsp3) is 0.616. The van der Waals surface area contributed by atoms with Crippen molar-refractivity contribution in [3.8, 4) is 0 Å². The number of allylic oxidation sites excluding steroid dienone is 2. The number of nitrogens with one attached hydrogen (secondary N) is 2. The van der Waals surface area contributed by atoms with Gasteiger partial charge in [0.05, 0.1) is 21.3 Å². The summed E-state index contributed by atoms with van der Waals surface area (Å²) in [5.74, 6) is 0.355. The Morgan fingerprint density at radius 3 is 1.38 bits per heavy atom. The van der Waals surface area contributed by atoms with Gasteiger partial charge in [-0.1, -0.05) is 179 Å². The largest absolute Gasteiger partial charge is 0.468 e. The maximum atomic E-state index is 13.1. The zero-order chi connectivity index (χ0) is 64.0. The van der Waals surface area contributed by atoms with Gasteiger partial charge in [-0.15, -0.1) is 0 Å². The van der Waals surface area contributed by atoms with Crippen LogP contribution >= 0.6 is 0 Å². The Labute approximate surface area is 531 Å². The van der Waals surface area contributed by atoms with Gasteiger partial charge in [-0.25, -0.2) is 24.0 Å². The number of likely N-dealkylation sites (tertiary alicyclic amines) is 1. The van der Waals surface area contributed by atoms with E-state index in [1.54, 1.807) is 4.90 Å². The average Bonchev–Trinajstić information content (AvgIpc) is 3.82. The molecule has 0 aromatic heterocycles. The van der Waals surface area contributed by atoms with Crippen LogP contribution in [0, 0.1) is 17.8 Å². The number of esters is 3. The van der Waals surface area contributed by atoms with E-state index in [-0.39, 0.29) is 37.2 Å². The molecule has 3 amide bonds. The van der Waals surface area contributed by atoms with Crippen LogP contribution < -0.4 is 16.4 Å². The Morgan fingerprint density at radius 2 is 0.955 bits per heavy atom. The minimum atomic E-state index is -1.17. The molecule has 490 valence electrons. The number of methoxy groups -OCH3 is 3. The standard InChI is InChI=1S/C26H37NO4.C26H31NO4.C21H38N2O4/c2*1-30-24(28)26(19-22-13-7-3-8-14-22,18-17-21-11-5-2-6-12-21)27-25(29)31-20-23-15-9-4-10-16-23;1-20(2,3)27-19(25)23-13-11-17(15-23)14-21(22,18(24)26-4)12-10-16-8-6-5-7-9-16/h4,9-10,13,15-16,21H,2-3,5-8,11-12,14,17-20H2,1H3,(H,27,29);2,4-6,9-13,15-16H,3,7-8,14,17-20H2,1H3,(H,27,29);16-17H,5-15,22H2,1-4H3. The fourth-order valence-corrected chi connectivity index (χ4v) is 13.4. The molecule has 3 fully saturated rings. The number of hydrogen-bond acceptors (Lipinski definition) is 13. The summed E-state index contributed by atoms with van der Waals surface area (Å²) in [5.41, 5.74) is 8.21. The third-order valence-corrected chi connectivity index (χ3v) is 18.4. The predicted molar refractivity (Wildman–Crippen MR) is 347 cm³/mol. The number of rotatable bonds is 24. The van der Waals surface area contributed by atoms with E-state index in [9.17, 15) is 28.8 Å². The second-order valence-electron chi connectivity index (χ2n) is 26.6. The molecule has 89 heavy (non-hydrogen) atoms. The summed E-state index contributed by atoms with van der Waals surface area (Å²) in [6.07, 6.45) is 30.7. The van der Waals surface area contributed by atoms with Crippen molar-refractivity contribution in [2.24, 2.45) is 23.5 Å². The van der Waals surface area contributed by atoms with E-state index in [0.717, 1.165) is 80.9 Å². The Hall–Kier alpha value is -6.68. The number of alkyl carbamates (subject to hydrolysis) is 2. The highest BCUT2D eigenvalue weighted by Gasteiger charge is 2.45. The van der Waals surface area contributed by atoms with Gasteiger partial charge in [0.25, 0.3) is 0 Å². The van der Waals surface area contributed by atoms with Crippen molar-refractivity contribution in [1.29, 1.82) is 0 Å². The second kappa shape index (κ2) is 36.8. The lowest BCUT2D eigenvalue weighted by Gasteiger charge is -2.35. The van der Waals surface area contributed by atoms with Crippen molar-refractivity contribution in [1.82, 2.24) is 15.5 Å². The molecule has 16 nitrogen and oxygen atoms in total. The van der Waals surface area contributed by atoms with Crippen molar-refractivity contribution in [3.63, 3.8) is 0 Å². The quantitative estimate of drug-likeness (QED) is 0.0433. The van der Waals surface area contributed by atoms with E-state index in [2.05, 4.69) is 22.8 Å². The molecule has 0 bridgehead atoms. The summed E-state index contributed by atoms with van der Waals surface area (Å²) >= 11 is 0. The van der Waals surface area contributed by atoms with Crippen molar-refractivity contribution in [2.75, 3.05) is 34.4 Å². The zero-order valence-corrected chi connectivity index (χ0v) is 54.6. The number of nitrogens with two attached hydrogens (primary N) is 1. The topological polar surface area (TPSA) is 211 Å². The molecule has 4 N–H and O–H groups in total. The molecule has 8 rings (SSSR count). The molecule has 4 unspecified atom stereocenters. The summed E-state index contributed by atoms with van der Waals surface area (Å²) < 4.78 is 31.8. The number of amides is 3. The van der Waals surface area contributed by atoms with Gasteiger partial charge in [0.1, 0.15) is 35.4 Å². The van der Waals surface area contributed by atoms with Crippen molar-refractivity contribution >= 4 is 36.2 Å². The van der Waals surface area contributed by atoms with E-state index >= 15 is 0 Å². The summed E-state index contributed by atoms with van der Waals surface area (Å²) in [6, 6.07) is 29.0. The van der Waals surface area contributed by atoms with Crippen LogP contribution in [0.4, 0.5) is 14.4 Å². The van der Waals surface area contributed by atoms with Gasteiger partial charge in [-0.3, -0.25) is 4.79 Å². The van der Waals surface area contributed by atoms with Gasteiger partial charge in [0, 0.05) is 25.9 Å². The number of hydrogen-bond donors (Lipinski definition) is 3. The molecule has 5 aliphatic rings. The Balaban J connectivity index is 0.000000213. The third kappa shape index (κ3) is 24.6. The molecule has 4 aliphatic carbocycles. The summed E-state index contributed by atoms with van der Waals surface area (Å²) in [7, 11) is 4.18. The number of carbonyl (C=O) groups is 6. The van der Waals surface area contributed by atoms with E-state index < -0.39 is 40.4 Å². The van der Waals surface area contributed by atoms with Gasteiger partial charge in [-0.2, -0.15) is 0 Å². The molecule has 3 aromatic rings. The lowest BCUT2D eigenvalue weighted by molar-refractivity contribution is -0.149. The Morgan fingerprint density at radius 1 is 0.517 bits per heavy atom. The van der Waals surface area contributed by atoms with E-state index in [4.69, 9.17) is 34.2 Å². The lowest BCUT2D eigenvalue weighted by atomic mass is 9.78. The van der Waals surface area contributed by atoms with E-state index in [1.165, 1.54) is 103 Å². The van der Waals surface area contributed by atoms with Gasteiger partial charge >= 0.3 is 36.2 Å². The number of benzene rings is 3. The first-order valence-electron chi connectivity index (χ1n) is 33.2. The van der Waals surface area contributed by atoms with Gasteiger partial charge in [-0.05, 0) is 158 Å². The second-order valence-corrected chi connectivity index (χ2v) is 26.6. The molecule has 0 spiro atoms. The molecular weight excluding hydrogens is 1120 g/mol. The lowest BCUT2D eigenvalue weighted by Crippen LogP contribution is -2.56. The van der Waals surface area contributed by atoms with Crippen LogP contribution in [-0.4, -0.2) is 97.7 Å². The van der Waals surface area contributed by atoms with Crippen molar-refractivity contribution in [2.45, 2.75) is 236 Å². The zero-order valence-electron chi connectivity index (χ0n) is 54.6. The first-order valence-corrected chi connectivity index (χ1v) is 33.2. The van der Waals surface area contributed by atoms with Gasteiger partial charge < -0.3 is 49.7 Å². The molecule has 1 heterocycles. The number of aryl methyl sites for hydroxylation is 1. The van der Waals surface area contributed by atoms with E-state index in [1.807, 2.05) is 112 Å². The molecule has 2 saturated carbocycles. The van der Waals surface area contributed by atoms with Crippen LogP contribution in [0.1, 0.15) is 211 Å². The molecule has 1 saturated heterocycles. The smallest absolute Gasteiger partial charge is 0.410 e. The third-order valence-electron chi connectivity index (χ3n) is 18.4. The minimum Gasteiger partial charge on any atom is -0.468 e. The monoisotopic (exact) mass is 1230 g/mol. The normalized spacial score (nSPS) is 19.2. The maximum Gasteiger partial charge on any atom is 0.410 e. The van der Waals surface area contributed by atoms with Crippen LogP contribution in [0.3, 0.4) is 0 Å². The summed E-state index contributed by atoms with van der Waals surface area (Å²) in [4.78, 5) is 78.1. The van der Waals surface area contributed by atoms with Crippen LogP contribution in [-0.2, 0) is 62.4 Å². The number of nitrogens with zero attached hydrogens (tertiary/aromatic N) is 1. The maximum absolute atomic E-state index is 13.1. The first kappa shape index (κ1) is 71.4. The van der Waals surface area contributed by atoms with Crippen molar-refractivity contribution < 1.29 is 57.2 Å². The Bertz CT molecular complexity index is 2700. The Kier molecular flexibility index (Phi) is 29.6. The van der Waals surface area contributed by atoms with E-state index in [0.29, 0.717) is 69.9 Å². The summed E-state index contributed by atoms with van der Waals surface area (Å²) in [5, 5.41) is 5.85. The van der Waals surface area contributed by atoms with Crippen LogP contribution in [0.2, 0.25) is 0 Å². The molecular formula is C73H106N4O12. The molecule has 3 aromatic carbocycles. The SMILES string of the molecule is COC(=O)C(CCC1CCCCC1)(CC1=CCCCC1)NC(=O)OCc1ccccc1.COC(=O)C(CCc1ccccc1)(CC1=CCCCC1)NC(=O)OCc1ccccc1.COC(=O)C(N)(CCC1CCCCC1)CC1CCN(C(=O)OC(C)(C)C)C1. The summed E-state index contributed by atoms with van der Waals surface area (Å²) in [6.45, 7) is 7.16. The predicted octanol–water partition coefficient (Wildman–Crippen LogP) is 15.3. The van der Waals surface area contributed by atoms with Gasteiger partial charge in [0.15, 0.2) is 0 Å². The van der Waals surface area contributed by atoms with Crippen LogP contribution in [0.15, 0.2) is 114 Å². The number of ether oxygens (including phenoxy) is 6. The molecule has 4 atom stereocenters. The highest BCUT2D eigenvalue weighted by atomic mass is 16.6. The van der Waals surface area contributed by atoms with Gasteiger partial charge in [0.2, 0.25) is 0 Å². The molecule has 16 heteroatoms. The van der Waals surface area contributed by atoms with Crippen molar-refractivity contribution in [3.05, 3.63) is 131 Å². The minimum absolute atomic E-state index is 0.144. The fourth-order valence-electron chi connectivity index (χ4n) is 13.4.